The van der Waals surface area contributed by atoms with Crippen LogP contribution < -0.4 is 30.9 Å². The predicted molar refractivity (Wildman–Crippen MR) is 273 cm³/mol. The summed E-state index contributed by atoms with van der Waals surface area (Å²) in [5, 5.41) is 12.0. The van der Waals surface area contributed by atoms with Crippen LogP contribution in [0.3, 0.4) is 0 Å². The highest BCUT2D eigenvalue weighted by Gasteiger charge is 2.26. The lowest BCUT2D eigenvalue weighted by Crippen LogP contribution is -2.29. The molecule has 21 heteroatoms. The Morgan fingerprint density at radius 1 is 0.597 bits per heavy atom. The summed E-state index contributed by atoms with van der Waals surface area (Å²) in [5.41, 5.74) is 3.33. The highest BCUT2D eigenvalue weighted by atomic mass is 35.5. The fourth-order valence-corrected chi connectivity index (χ4v) is 10.2. The van der Waals surface area contributed by atoms with Crippen molar-refractivity contribution in [1.82, 2.24) is 63.5 Å². The number of nitrogens with one attached hydrogen (secondary N) is 3. The van der Waals surface area contributed by atoms with Crippen LogP contribution in [-0.4, -0.2) is 63.5 Å². The van der Waals surface area contributed by atoms with Gasteiger partial charge in [-0.15, -0.1) is 0 Å². The quantitative estimate of drug-likeness (QED) is 0.0554. The van der Waals surface area contributed by atoms with Crippen LogP contribution in [0.25, 0.3) is 33.5 Å². The van der Waals surface area contributed by atoms with Crippen molar-refractivity contribution in [3.8, 4) is 23.5 Å². The number of imidazole rings is 3. The van der Waals surface area contributed by atoms with Crippen molar-refractivity contribution in [3.05, 3.63) is 107 Å². The van der Waals surface area contributed by atoms with E-state index in [1.54, 1.807) is 35.9 Å². The van der Waals surface area contributed by atoms with Crippen molar-refractivity contribution in [3.63, 3.8) is 0 Å². The summed E-state index contributed by atoms with van der Waals surface area (Å²) in [7, 11) is 0. The molecule has 72 heavy (non-hydrogen) atoms. The number of hydrogen-bond donors (Lipinski definition) is 3. The third-order valence-corrected chi connectivity index (χ3v) is 14.1. The molecule has 0 radical (unpaired) electrons. The Kier molecular flexibility index (Phi) is 15.4. The first-order valence-electron chi connectivity index (χ1n) is 25.6. The Morgan fingerprint density at radius 3 is 1.44 bits per heavy atom. The minimum Gasteiger partial charge on any atom is -0.618 e. The van der Waals surface area contributed by atoms with Gasteiger partial charge in [0.25, 0.3) is 16.7 Å². The third kappa shape index (κ3) is 10.5. The molecule has 0 aromatic carbocycles. The minimum absolute atomic E-state index is 0.117. The number of rotatable bonds is 13. The average Bonchev–Trinajstić information content (AvgIpc) is 4.24. The van der Waals surface area contributed by atoms with E-state index >= 15 is 0 Å². The Balaban J connectivity index is 0.000000135. The second-order valence-electron chi connectivity index (χ2n) is 19.0. The molecule has 3 N–H and O–H groups in total. The van der Waals surface area contributed by atoms with Crippen LogP contribution in [0.5, 0.6) is 23.5 Å². The van der Waals surface area contributed by atoms with Crippen molar-refractivity contribution in [1.29, 1.82) is 0 Å². The summed E-state index contributed by atoms with van der Waals surface area (Å²) >= 11 is 6.05. The van der Waals surface area contributed by atoms with Crippen molar-refractivity contribution < 1.29 is 14.2 Å². The maximum atomic E-state index is 13.0. The third-order valence-electron chi connectivity index (χ3n) is 13.9. The monoisotopic (exact) mass is 1000 g/mol. The highest BCUT2D eigenvalue weighted by molar-refractivity contribution is 6.28. The smallest absolute Gasteiger partial charge is 0.307 e. The molecule has 0 unspecified atom stereocenters. The molecule has 0 atom stereocenters. The number of aryl methyl sites for hydroxylation is 1. The van der Waals surface area contributed by atoms with Crippen molar-refractivity contribution in [2.24, 2.45) is 0 Å². The van der Waals surface area contributed by atoms with Crippen LogP contribution >= 0.6 is 11.6 Å². The van der Waals surface area contributed by atoms with Gasteiger partial charge < -0.3 is 29.6 Å². The minimum atomic E-state index is -0.197. The summed E-state index contributed by atoms with van der Waals surface area (Å²) in [6.07, 6.45) is 19.4. The van der Waals surface area contributed by atoms with Gasteiger partial charge in [0.1, 0.15) is 17.5 Å². The van der Waals surface area contributed by atoms with Crippen LogP contribution in [-0.2, 0) is 19.6 Å². The summed E-state index contributed by atoms with van der Waals surface area (Å²) < 4.78 is 17.1. The van der Waals surface area contributed by atoms with Gasteiger partial charge in [0.05, 0.1) is 5.69 Å². The van der Waals surface area contributed by atoms with Crippen LogP contribution in [0, 0.1) is 19.1 Å². The van der Waals surface area contributed by atoms with E-state index in [2.05, 4.69) is 49.8 Å². The van der Waals surface area contributed by atoms with Gasteiger partial charge >= 0.3 is 12.0 Å². The Morgan fingerprint density at radius 2 is 1.00 bits per heavy atom. The second-order valence-corrected chi connectivity index (χ2v) is 19.4. The van der Waals surface area contributed by atoms with Crippen LogP contribution in [0.2, 0.25) is 5.28 Å². The normalized spacial score (nSPS) is 15.4. The topological polar surface area (TPSA) is 249 Å². The molecule has 3 aliphatic carbocycles. The number of hydrogen-bond acceptors (Lipinski definition) is 13. The fourth-order valence-electron chi connectivity index (χ4n) is 9.97. The van der Waals surface area contributed by atoms with Gasteiger partial charge in [0.15, 0.2) is 51.2 Å². The first-order valence-corrected chi connectivity index (χ1v) is 26.0. The van der Waals surface area contributed by atoms with Crippen molar-refractivity contribution in [2.45, 2.75) is 168 Å². The molecule has 3 saturated carbocycles. The Hall–Kier alpha value is -6.96. The summed E-state index contributed by atoms with van der Waals surface area (Å²) in [6.45, 7) is 11.1. The lowest BCUT2D eigenvalue weighted by Gasteiger charge is -2.12. The van der Waals surface area contributed by atoms with Gasteiger partial charge in [-0.25, -0.2) is 15.0 Å². The first-order chi connectivity index (χ1) is 35.0. The van der Waals surface area contributed by atoms with Gasteiger partial charge in [-0.1, -0.05) is 59.3 Å². The van der Waals surface area contributed by atoms with E-state index in [9.17, 15) is 19.6 Å². The Labute approximate surface area is 420 Å². The van der Waals surface area contributed by atoms with Crippen molar-refractivity contribution >= 4 is 45.1 Å². The molecule has 3 aliphatic rings. The van der Waals surface area contributed by atoms with E-state index < -0.39 is 0 Å². The summed E-state index contributed by atoms with van der Waals surface area (Å²) in [6, 6.07) is 7.34. The number of ether oxygens (including phenoxy) is 2. The highest BCUT2D eigenvalue weighted by Crippen LogP contribution is 2.35. The number of fused-ring (bicyclic) bond motifs is 3. The average molecular weight is 1000 g/mol. The van der Waals surface area contributed by atoms with E-state index in [1.165, 1.54) is 53.9 Å². The number of halogens is 1. The van der Waals surface area contributed by atoms with Gasteiger partial charge in [-0.3, -0.25) is 33.1 Å². The van der Waals surface area contributed by atoms with Crippen LogP contribution in [0.1, 0.15) is 164 Å². The molecular formula is C51H63ClN14O6. The maximum Gasteiger partial charge on any atom is 0.307 e. The molecule has 8 aromatic heterocycles. The van der Waals surface area contributed by atoms with Gasteiger partial charge in [0, 0.05) is 56.6 Å². The first kappa shape index (κ1) is 50.0. The fraction of sp³-hybridized carbons (Fsp3) is 0.510. The van der Waals surface area contributed by atoms with Gasteiger partial charge in [-0.2, -0.15) is 19.7 Å². The molecule has 8 heterocycles. The molecule has 11 rings (SSSR count). The zero-order valence-corrected chi connectivity index (χ0v) is 42.4. The number of aromatic amines is 3. The molecule has 0 spiro atoms. The largest absolute Gasteiger partial charge is 0.618 e. The number of H-pyrrole nitrogens is 3. The molecule has 0 aliphatic heterocycles. The molecule has 0 saturated heterocycles. The number of aromatic nitrogens is 14. The second kappa shape index (κ2) is 22.2. The zero-order chi connectivity index (χ0) is 50.5. The van der Waals surface area contributed by atoms with Gasteiger partial charge in [0.2, 0.25) is 11.0 Å². The molecule has 0 amide bonds. The SMILES string of the molecule is CCCn1c(Cl)nc2nc(C3CCCC3)[nH]c2c1=O.CCCn1c(Oc2ccc[n+]([O-])c2C)nc2nc(C3CCCC3)[nH]c2c1=O.CCCn1c(Oc2cccnc2C)nc2nc(C3CCCC3)[nH]c2c1=O. The number of pyridine rings is 2. The van der Waals surface area contributed by atoms with Crippen LogP contribution in [0.15, 0.2) is 51.0 Å². The van der Waals surface area contributed by atoms with E-state index in [1.807, 2.05) is 33.8 Å². The van der Waals surface area contributed by atoms with E-state index in [-0.39, 0.29) is 34.0 Å². The molecule has 8 aromatic rings. The lowest BCUT2D eigenvalue weighted by atomic mass is 10.1. The molecule has 0 bridgehead atoms. The maximum absolute atomic E-state index is 13.0. The van der Waals surface area contributed by atoms with E-state index in [0.29, 0.717) is 88.1 Å². The molecular weight excluding hydrogens is 940 g/mol. The predicted octanol–water partition coefficient (Wildman–Crippen LogP) is 9.44. The lowest BCUT2D eigenvalue weighted by molar-refractivity contribution is -0.612. The molecule has 380 valence electrons. The van der Waals surface area contributed by atoms with E-state index in [4.69, 9.17) is 21.1 Å². The van der Waals surface area contributed by atoms with Crippen molar-refractivity contribution in [2.75, 3.05) is 0 Å². The number of nitrogens with zero attached hydrogens (tertiary/aromatic N) is 11. The standard InChI is InChI=1S/C19H23N5O3.C19H23N5O2.C13H17ClN4O/c1-3-10-23-18(25)15-17(21-16(20-15)13-7-4-5-8-13)22-19(23)27-14-9-6-11-24(26)12(14)2;1-3-11-24-18(25)15-17(22-16(21-15)13-7-4-5-8-13)23-19(24)26-14-9-6-10-20-12(14)2;1-2-7-18-12(19)9-11(17-13(18)14)16-10(15-9)8-5-3-4-6-8/h6,9,11,13H,3-5,7-8,10H2,1-2H3,(H,20,21);6,9-10,13H,3-5,7-8,11H2,1-2H3,(H,21,22);8H,2-7H2,1H3,(H,15,16). The summed E-state index contributed by atoms with van der Waals surface area (Å²) in [5.74, 6) is 4.76. The molecule has 20 nitrogen and oxygen atoms in total. The zero-order valence-electron chi connectivity index (χ0n) is 41.7. The van der Waals surface area contributed by atoms with Gasteiger partial charge in [-0.05, 0) is 94.5 Å². The van der Waals surface area contributed by atoms with E-state index in [0.717, 1.165) is 85.7 Å². The van der Waals surface area contributed by atoms with Crippen LogP contribution in [0.4, 0.5) is 0 Å². The Bertz CT molecular complexity index is 3370. The molecule has 3 fully saturated rings. The summed E-state index contributed by atoms with van der Waals surface area (Å²) in [4.78, 5) is 79.1.